The minimum absolute atomic E-state index is 0.222. The van der Waals surface area contributed by atoms with Crippen molar-refractivity contribution in [2.45, 2.75) is 40.6 Å². The summed E-state index contributed by atoms with van der Waals surface area (Å²) < 4.78 is 9.22. The van der Waals surface area contributed by atoms with E-state index in [0.29, 0.717) is 12.2 Å². The Hall–Kier alpha value is -3.09. The zero-order chi connectivity index (χ0) is 18.5. The molecule has 7 nitrogen and oxygen atoms in total. The summed E-state index contributed by atoms with van der Waals surface area (Å²) in [6.45, 7) is 7.51. The van der Waals surface area contributed by atoms with Crippen LogP contribution in [-0.4, -0.2) is 25.5 Å². The number of nitrogens with one attached hydrogen (secondary N) is 1. The topological polar surface area (TPSA) is 74.0 Å². The molecule has 136 valence electrons. The summed E-state index contributed by atoms with van der Waals surface area (Å²) in [5.41, 5.74) is 3.52. The van der Waals surface area contributed by atoms with Crippen LogP contribution in [0, 0.1) is 13.8 Å². The predicted molar refractivity (Wildman–Crippen MR) is 97.8 cm³/mol. The quantitative estimate of drug-likeness (QED) is 0.709. The van der Waals surface area contributed by atoms with Crippen molar-refractivity contribution in [3.8, 4) is 5.75 Å². The summed E-state index contributed by atoms with van der Waals surface area (Å²) in [5.74, 6) is 0.596. The number of carbonyl (C=O) groups excluding carboxylic acids is 1. The molecule has 0 aliphatic heterocycles. The second-order valence-corrected chi connectivity index (χ2v) is 6.17. The van der Waals surface area contributed by atoms with E-state index in [1.165, 1.54) is 0 Å². The Bertz CT molecular complexity index is 897. The van der Waals surface area contributed by atoms with E-state index in [9.17, 15) is 4.79 Å². The summed E-state index contributed by atoms with van der Waals surface area (Å²) in [5, 5.41) is 11.3. The summed E-state index contributed by atoms with van der Waals surface area (Å²) in [4.78, 5) is 12.2. The fraction of sp³-hybridized carbons (Fsp3) is 0.316. The number of benzene rings is 1. The van der Waals surface area contributed by atoms with Crippen LogP contribution < -0.4 is 10.1 Å². The molecule has 0 fully saturated rings. The van der Waals surface area contributed by atoms with Crippen molar-refractivity contribution >= 4 is 5.91 Å². The highest BCUT2D eigenvalue weighted by Gasteiger charge is 2.10. The van der Waals surface area contributed by atoms with Crippen molar-refractivity contribution in [3.63, 3.8) is 0 Å². The molecule has 0 atom stereocenters. The van der Waals surface area contributed by atoms with E-state index in [-0.39, 0.29) is 12.6 Å². The number of ether oxygens (including phenoxy) is 1. The second kappa shape index (κ2) is 7.86. The smallest absolute Gasteiger partial charge is 0.272 e. The number of hydrogen-bond donors (Lipinski definition) is 1. The van der Waals surface area contributed by atoms with E-state index in [1.54, 1.807) is 23.1 Å². The van der Waals surface area contributed by atoms with Crippen molar-refractivity contribution in [3.05, 3.63) is 65.2 Å². The molecule has 3 aromatic rings. The minimum atomic E-state index is -0.222. The van der Waals surface area contributed by atoms with Gasteiger partial charge in [0.15, 0.2) is 6.73 Å². The zero-order valence-electron chi connectivity index (χ0n) is 15.3. The number of hydrogen-bond acceptors (Lipinski definition) is 4. The minimum Gasteiger partial charge on any atom is -0.471 e. The normalized spacial score (nSPS) is 10.7. The summed E-state index contributed by atoms with van der Waals surface area (Å²) in [7, 11) is 0. The third-order valence-corrected chi connectivity index (χ3v) is 4.03. The van der Waals surface area contributed by atoms with Crippen molar-refractivity contribution in [1.82, 2.24) is 24.9 Å². The van der Waals surface area contributed by atoms with Crippen LogP contribution in [0.1, 0.15) is 34.1 Å². The van der Waals surface area contributed by atoms with Gasteiger partial charge in [0.05, 0.1) is 6.20 Å². The molecule has 1 amide bonds. The Morgan fingerprint density at radius 3 is 2.85 bits per heavy atom. The summed E-state index contributed by atoms with van der Waals surface area (Å²) >= 11 is 0. The first-order valence-corrected chi connectivity index (χ1v) is 8.58. The van der Waals surface area contributed by atoms with Gasteiger partial charge in [-0.1, -0.05) is 12.1 Å². The Morgan fingerprint density at radius 2 is 2.08 bits per heavy atom. The maximum atomic E-state index is 12.2. The lowest BCUT2D eigenvalue weighted by Gasteiger charge is -2.09. The SMILES string of the molecule is CCn1cc(CNC(=O)c2ccn(COc3cc(C)ccc3C)n2)cn1. The molecular weight excluding hydrogens is 330 g/mol. The first-order chi connectivity index (χ1) is 12.5. The molecule has 0 aliphatic rings. The van der Waals surface area contributed by atoms with Crippen LogP contribution in [0.3, 0.4) is 0 Å². The molecular formula is C19H23N5O2. The standard InChI is InChI=1S/C19H23N5O2/c1-4-23-12-16(11-21-23)10-20-19(25)17-7-8-24(22-17)13-26-18-9-14(2)5-6-15(18)3/h5-9,11-12H,4,10,13H2,1-3H3,(H,20,25). The van der Waals surface area contributed by atoms with Gasteiger partial charge in [-0.15, -0.1) is 0 Å². The monoisotopic (exact) mass is 353 g/mol. The molecule has 0 bridgehead atoms. The van der Waals surface area contributed by atoms with E-state index < -0.39 is 0 Å². The molecule has 2 heterocycles. The fourth-order valence-electron chi connectivity index (χ4n) is 2.50. The number of aryl methyl sites for hydroxylation is 3. The van der Waals surface area contributed by atoms with Crippen LogP contribution in [0.2, 0.25) is 0 Å². The molecule has 3 rings (SSSR count). The van der Waals surface area contributed by atoms with Gasteiger partial charge in [0.1, 0.15) is 11.4 Å². The van der Waals surface area contributed by atoms with Crippen molar-refractivity contribution in [1.29, 1.82) is 0 Å². The lowest BCUT2D eigenvalue weighted by atomic mass is 10.1. The molecule has 2 aromatic heterocycles. The highest BCUT2D eigenvalue weighted by Crippen LogP contribution is 2.19. The van der Waals surface area contributed by atoms with Crippen molar-refractivity contribution in [2.75, 3.05) is 0 Å². The van der Waals surface area contributed by atoms with E-state index in [4.69, 9.17) is 4.74 Å². The average Bonchev–Trinajstić information content (AvgIpc) is 3.29. The van der Waals surface area contributed by atoms with Gasteiger partial charge in [-0.3, -0.25) is 9.48 Å². The lowest BCUT2D eigenvalue weighted by Crippen LogP contribution is -2.23. The Kier molecular flexibility index (Phi) is 5.36. The van der Waals surface area contributed by atoms with Gasteiger partial charge >= 0.3 is 0 Å². The van der Waals surface area contributed by atoms with Gasteiger partial charge < -0.3 is 10.1 Å². The zero-order valence-corrected chi connectivity index (χ0v) is 15.3. The van der Waals surface area contributed by atoms with Crippen LogP contribution in [-0.2, 0) is 19.8 Å². The molecule has 7 heteroatoms. The second-order valence-electron chi connectivity index (χ2n) is 6.17. The van der Waals surface area contributed by atoms with Crippen LogP contribution in [0.5, 0.6) is 5.75 Å². The summed E-state index contributed by atoms with van der Waals surface area (Å²) in [6.07, 6.45) is 5.40. The molecule has 0 saturated carbocycles. The fourth-order valence-corrected chi connectivity index (χ4v) is 2.50. The van der Waals surface area contributed by atoms with Crippen molar-refractivity contribution < 1.29 is 9.53 Å². The molecule has 1 N–H and O–H groups in total. The molecule has 1 aromatic carbocycles. The first kappa shape index (κ1) is 17.7. The number of carbonyl (C=O) groups is 1. The maximum absolute atomic E-state index is 12.2. The predicted octanol–water partition coefficient (Wildman–Crippen LogP) is 2.68. The van der Waals surface area contributed by atoms with Gasteiger partial charge in [0, 0.05) is 31.0 Å². The van der Waals surface area contributed by atoms with E-state index in [2.05, 4.69) is 15.5 Å². The van der Waals surface area contributed by atoms with Crippen LogP contribution in [0.4, 0.5) is 0 Å². The van der Waals surface area contributed by atoms with Gasteiger partial charge in [-0.05, 0) is 44.0 Å². The summed E-state index contributed by atoms with van der Waals surface area (Å²) in [6, 6.07) is 7.73. The van der Waals surface area contributed by atoms with E-state index in [1.807, 2.05) is 49.8 Å². The number of aromatic nitrogens is 4. The third kappa shape index (κ3) is 4.30. The lowest BCUT2D eigenvalue weighted by molar-refractivity contribution is 0.0944. The van der Waals surface area contributed by atoms with Gasteiger partial charge in [0.25, 0.3) is 5.91 Å². The van der Waals surface area contributed by atoms with Crippen LogP contribution in [0.15, 0.2) is 42.9 Å². The molecule has 0 spiro atoms. The molecule has 0 radical (unpaired) electrons. The maximum Gasteiger partial charge on any atom is 0.272 e. The Labute approximate surface area is 152 Å². The molecule has 26 heavy (non-hydrogen) atoms. The molecule has 0 unspecified atom stereocenters. The van der Waals surface area contributed by atoms with Gasteiger partial charge in [0.2, 0.25) is 0 Å². The largest absolute Gasteiger partial charge is 0.471 e. The Balaban J connectivity index is 1.55. The number of nitrogens with zero attached hydrogens (tertiary/aromatic N) is 4. The molecule has 0 saturated heterocycles. The van der Waals surface area contributed by atoms with Crippen LogP contribution in [0.25, 0.3) is 0 Å². The van der Waals surface area contributed by atoms with E-state index in [0.717, 1.165) is 29.0 Å². The van der Waals surface area contributed by atoms with Gasteiger partial charge in [-0.2, -0.15) is 10.2 Å². The third-order valence-electron chi connectivity index (χ3n) is 4.03. The Morgan fingerprint density at radius 1 is 1.23 bits per heavy atom. The van der Waals surface area contributed by atoms with Crippen molar-refractivity contribution in [2.24, 2.45) is 0 Å². The molecule has 0 aliphatic carbocycles. The van der Waals surface area contributed by atoms with Crippen LogP contribution >= 0.6 is 0 Å². The average molecular weight is 353 g/mol. The first-order valence-electron chi connectivity index (χ1n) is 8.58. The van der Waals surface area contributed by atoms with E-state index >= 15 is 0 Å². The number of amides is 1. The van der Waals surface area contributed by atoms with Gasteiger partial charge in [-0.25, -0.2) is 4.68 Å². The highest BCUT2D eigenvalue weighted by molar-refractivity contribution is 5.92. The highest BCUT2D eigenvalue weighted by atomic mass is 16.5. The number of rotatable bonds is 7.